The Morgan fingerprint density at radius 2 is 2.12 bits per heavy atom. The van der Waals surface area contributed by atoms with Gasteiger partial charge in [0.2, 0.25) is 0 Å². The van der Waals surface area contributed by atoms with E-state index in [1.165, 1.54) is 18.6 Å². The maximum absolute atomic E-state index is 11.2. The molecule has 0 bridgehead atoms. The topological polar surface area (TPSA) is 26.3 Å². The molecular weight excluding hydrogens is 212 g/mol. The number of ketones is 1. The van der Waals surface area contributed by atoms with Gasteiger partial charge in [0.15, 0.2) is 5.78 Å². The van der Waals surface area contributed by atoms with Crippen molar-refractivity contribution in [1.29, 1.82) is 0 Å². The van der Waals surface area contributed by atoms with Crippen LogP contribution in [-0.4, -0.2) is 12.9 Å². The molecule has 0 N–H and O–H groups in total. The third-order valence-corrected chi connectivity index (χ3v) is 2.66. The van der Waals surface area contributed by atoms with Crippen LogP contribution in [0.3, 0.4) is 0 Å². The van der Waals surface area contributed by atoms with Crippen LogP contribution in [0.2, 0.25) is 0 Å². The van der Waals surface area contributed by atoms with Crippen LogP contribution in [-0.2, 0) is 16.0 Å². The zero-order chi connectivity index (χ0) is 12.8. The average molecular weight is 232 g/mol. The molecule has 1 aromatic carbocycles. The number of hydrogen-bond acceptors (Lipinski definition) is 2. The predicted octanol–water partition coefficient (Wildman–Crippen LogP) is 3.52. The second-order valence-electron chi connectivity index (χ2n) is 4.22. The van der Waals surface area contributed by atoms with Crippen LogP contribution in [0.1, 0.15) is 37.0 Å². The zero-order valence-electron chi connectivity index (χ0n) is 11.0. The monoisotopic (exact) mass is 232 g/mol. The molecule has 0 aliphatic heterocycles. The maximum Gasteiger partial charge on any atom is 0.156 e. The standard InChI is InChI=1S/C15H20O2/c1-5-6-13-8-7-11(2)14(10-13)15(17-4)9-12(3)16/h7-10H,5-6H2,1-4H3/b15-9+. The van der Waals surface area contributed by atoms with Gasteiger partial charge in [0, 0.05) is 11.6 Å². The minimum Gasteiger partial charge on any atom is -0.496 e. The summed E-state index contributed by atoms with van der Waals surface area (Å²) in [6.45, 7) is 5.71. The lowest BCUT2D eigenvalue weighted by molar-refractivity contribution is -0.112. The van der Waals surface area contributed by atoms with E-state index in [-0.39, 0.29) is 5.78 Å². The van der Waals surface area contributed by atoms with Crippen molar-refractivity contribution in [3.63, 3.8) is 0 Å². The zero-order valence-corrected chi connectivity index (χ0v) is 11.0. The van der Waals surface area contributed by atoms with Crippen LogP contribution in [0.5, 0.6) is 0 Å². The van der Waals surface area contributed by atoms with Gasteiger partial charge in [0.1, 0.15) is 5.76 Å². The van der Waals surface area contributed by atoms with E-state index < -0.39 is 0 Å². The van der Waals surface area contributed by atoms with Crippen LogP contribution in [0, 0.1) is 6.92 Å². The van der Waals surface area contributed by atoms with Crippen LogP contribution < -0.4 is 0 Å². The molecule has 92 valence electrons. The summed E-state index contributed by atoms with van der Waals surface area (Å²) in [7, 11) is 1.60. The van der Waals surface area contributed by atoms with Gasteiger partial charge in [0.25, 0.3) is 0 Å². The SMILES string of the molecule is CCCc1ccc(C)c(/C(=C\C(C)=O)OC)c1. The van der Waals surface area contributed by atoms with Gasteiger partial charge in [0.05, 0.1) is 7.11 Å². The fourth-order valence-electron chi connectivity index (χ4n) is 1.81. The Kier molecular flexibility index (Phi) is 4.95. The number of rotatable bonds is 5. The molecule has 0 spiro atoms. The number of methoxy groups -OCH3 is 1. The Bertz CT molecular complexity index is 431. The van der Waals surface area contributed by atoms with E-state index in [9.17, 15) is 4.79 Å². The molecule has 0 fully saturated rings. The Morgan fingerprint density at radius 1 is 1.41 bits per heavy atom. The number of hydrogen-bond donors (Lipinski definition) is 0. The summed E-state index contributed by atoms with van der Waals surface area (Å²) in [6, 6.07) is 6.31. The van der Waals surface area contributed by atoms with E-state index in [2.05, 4.69) is 25.1 Å². The first-order chi connectivity index (χ1) is 8.08. The van der Waals surface area contributed by atoms with Gasteiger partial charge in [-0.2, -0.15) is 0 Å². The number of carbonyl (C=O) groups is 1. The minimum absolute atomic E-state index is 0.00199. The molecule has 0 amide bonds. The molecule has 0 aromatic heterocycles. The molecule has 2 heteroatoms. The summed E-state index contributed by atoms with van der Waals surface area (Å²) in [5.41, 5.74) is 3.41. The lowest BCUT2D eigenvalue weighted by atomic mass is 10.0. The van der Waals surface area contributed by atoms with E-state index in [1.807, 2.05) is 6.92 Å². The normalized spacial score (nSPS) is 11.4. The molecule has 0 aliphatic carbocycles. The van der Waals surface area contributed by atoms with Gasteiger partial charge < -0.3 is 4.74 Å². The third-order valence-electron chi connectivity index (χ3n) is 2.66. The first kappa shape index (κ1) is 13.5. The summed E-state index contributed by atoms with van der Waals surface area (Å²) in [4.78, 5) is 11.2. The molecule has 2 nitrogen and oxygen atoms in total. The van der Waals surface area contributed by atoms with Gasteiger partial charge >= 0.3 is 0 Å². The second kappa shape index (κ2) is 6.24. The molecule has 0 unspecified atom stereocenters. The molecule has 0 radical (unpaired) electrons. The van der Waals surface area contributed by atoms with Crippen molar-refractivity contribution >= 4 is 11.5 Å². The van der Waals surface area contributed by atoms with Crippen LogP contribution in [0.4, 0.5) is 0 Å². The van der Waals surface area contributed by atoms with Gasteiger partial charge in [-0.25, -0.2) is 0 Å². The molecule has 0 saturated carbocycles. The van der Waals surface area contributed by atoms with E-state index in [0.717, 1.165) is 24.0 Å². The molecule has 0 aliphatic rings. The molecule has 1 aromatic rings. The molecule has 0 saturated heterocycles. The molecule has 0 heterocycles. The number of allylic oxidation sites excluding steroid dienone is 1. The van der Waals surface area contributed by atoms with Crippen molar-refractivity contribution in [3.8, 4) is 0 Å². The van der Waals surface area contributed by atoms with Crippen molar-refractivity contribution in [1.82, 2.24) is 0 Å². The summed E-state index contributed by atoms with van der Waals surface area (Å²) >= 11 is 0. The van der Waals surface area contributed by atoms with Crippen molar-refractivity contribution in [2.75, 3.05) is 7.11 Å². The first-order valence-electron chi connectivity index (χ1n) is 5.94. The summed E-state index contributed by atoms with van der Waals surface area (Å²) < 4.78 is 5.30. The highest BCUT2D eigenvalue weighted by atomic mass is 16.5. The van der Waals surface area contributed by atoms with Crippen LogP contribution >= 0.6 is 0 Å². The largest absolute Gasteiger partial charge is 0.496 e. The Morgan fingerprint density at radius 3 is 2.65 bits per heavy atom. The van der Waals surface area contributed by atoms with Crippen molar-refractivity contribution in [2.24, 2.45) is 0 Å². The van der Waals surface area contributed by atoms with E-state index in [0.29, 0.717) is 5.76 Å². The first-order valence-corrected chi connectivity index (χ1v) is 5.94. The van der Waals surface area contributed by atoms with Gasteiger partial charge in [-0.15, -0.1) is 0 Å². The Labute approximate surface area is 103 Å². The molecule has 0 atom stereocenters. The van der Waals surface area contributed by atoms with Crippen LogP contribution in [0.25, 0.3) is 5.76 Å². The Balaban J connectivity index is 3.18. The fourth-order valence-corrected chi connectivity index (χ4v) is 1.81. The highest BCUT2D eigenvalue weighted by Gasteiger charge is 2.07. The molecular formula is C15H20O2. The lowest BCUT2D eigenvalue weighted by Crippen LogP contribution is -1.97. The number of benzene rings is 1. The highest BCUT2D eigenvalue weighted by Crippen LogP contribution is 2.21. The Hall–Kier alpha value is -1.57. The van der Waals surface area contributed by atoms with Crippen molar-refractivity contribution in [3.05, 3.63) is 41.0 Å². The minimum atomic E-state index is 0.00199. The van der Waals surface area contributed by atoms with Crippen LogP contribution in [0.15, 0.2) is 24.3 Å². The fraction of sp³-hybridized carbons (Fsp3) is 0.400. The summed E-state index contributed by atoms with van der Waals surface area (Å²) in [5, 5.41) is 0. The second-order valence-corrected chi connectivity index (χ2v) is 4.22. The number of ether oxygens (including phenoxy) is 1. The van der Waals surface area contributed by atoms with Crippen molar-refractivity contribution < 1.29 is 9.53 Å². The maximum atomic E-state index is 11.2. The molecule has 1 rings (SSSR count). The average Bonchev–Trinajstić information content (AvgIpc) is 2.29. The van der Waals surface area contributed by atoms with Gasteiger partial charge in [-0.05, 0) is 37.5 Å². The third kappa shape index (κ3) is 3.74. The lowest BCUT2D eigenvalue weighted by Gasteiger charge is -2.11. The highest BCUT2D eigenvalue weighted by molar-refractivity contribution is 5.94. The van der Waals surface area contributed by atoms with Crippen molar-refractivity contribution in [2.45, 2.75) is 33.6 Å². The van der Waals surface area contributed by atoms with E-state index in [4.69, 9.17) is 4.74 Å². The predicted molar refractivity (Wildman–Crippen MR) is 70.8 cm³/mol. The molecule has 17 heavy (non-hydrogen) atoms. The summed E-state index contributed by atoms with van der Waals surface area (Å²) in [5.74, 6) is 0.648. The smallest absolute Gasteiger partial charge is 0.156 e. The van der Waals surface area contributed by atoms with Gasteiger partial charge in [-0.3, -0.25) is 4.79 Å². The van der Waals surface area contributed by atoms with E-state index >= 15 is 0 Å². The van der Waals surface area contributed by atoms with Gasteiger partial charge in [-0.1, -0.05) is 25.5 Å². The van der Waals surface area contributed by atoms with E-state index in [1.54, 1.807) is 7.11 Å². The number of aryl methyl sites for hydroxylation is 2. The number of carbonyl (C=O) groups excluding carboxylic acids is 1. The summed E-state index contributed by atoms with van der Waals surface area (Å²) in [6.07, 6.45) is 3.70. The quantitative estimate of drug-likeness (QED) is 0.573.